The number of nitrogens with zero attached hydrogens (tertiary/aromatic N) is 4. The molecule has 2 fully saturated rings. The van der Waals surface area contributed by atoms with Gasteiger partial charge < -0.3 is 25.4 Å². The zero-order valence-corrected chi connectivity index (χ0v) is 22.0. The number of hydrogen-bond donors (Lipinski definition) is 4. The van der Waals surface area contributed by atoms with Gasteiger partial charge in [0, 0.05) is 19.5 Å². The maximum absolute atomic E-state index is 12.6. The highest BCUT2D eigenvalue weighted by atomic mass is 35.5. The van der Waals surface area contributed by atoms with Gasteiger partial charge in [0.25, 0.3) is 0 Å². The third-order valence-corrected chi connectivity index (χ3v) is 8.63. The first-order chi connectivity index (χ1) is 18.4. The predicted molar refractivity (Wildman–Crippen MR) is 145 cm³/mol. The van der Waals surface area contributed by atoms with Gasteiger partial charge in [-0.15, -0.1) is 11.3 Å². The van der Waals surface area contributed by atoms with E-state index in [9.17, 15) is 15.0 Å². The van der Waals surface area contributed by atoms with E-state index in [-0.39, 0.29) is 17.6 Å². The molecule has 2 saturated carbocycles. The fourth-order valence-corrected chi connectivity index (χ4v) is 6.47. The van der Waals surface area contributed by atoms with Crippen molar-refractivity contribution in [1.82, 2.24) is 24.8 Å². The summed E-state index contributed by atoms with van der Waals surface area (Å²) < 4.78 is 2.40. The van der Waals surface area contributed by atoms with E-state index < -0.39 is 23.7 Å². The van der Waals surface area contributed by atoms with Gasteiger partial charge in [0.1, 0.15) is 6.10 Å². The van der Waals surface area contributed by atoms with Gasteiger partial charge >= 0.3 is 0 Å². The zero-order chi connectivity index (χ0) is 26.4. The molecule has 3 aromatic heterocycles. The molecule has 194 valence electrons. The van der Waals surface area contributed by atoms with Gasteiger partial charge in [-0.25, -0.2) is 15.0 Å². The highest BCUT2D eigenvalue weighted by Crippen LogP contribution is 2.67. The predicted octanol–water partition coefficient (Wildman–Crippen LogP) is 2.62. The second kappa shape index (κ2) is 9.67. The molecular formula is C27H25ClN6O3S. The van der Waals surface area contributed by atoms with Crippen LogP contribution < -0.4 is 10.6 Å². The Bertz CT molecular complexity index is 1580. The molecule has 0 saturated heterocycles. The Morgan fingerprint density at radius 3 is 2.76 bits per heavy atom. The van der Waals surface area contributed by atoms with Gasteiger partial charge in [0.2, 0.25) is 11.7 Å². The van der Waals surface area contributed by atoms with Crippen molar-refractivity contribution in [1.29, 1.82) is 0 Å². The largest absolute Gasteiger partial charge is 0.389 e. The number of carbonyl (C=O) groups excluding carboxylic acids is 1. The summed E-state index contributed by atoms with van der Waals surface area (Å²) in [4.78, 5) is 27.3. The van der Waals surface area contributed by atoms with E-state index >= 15 is 0 Å². The number of aliphatic hydroxyl groups is 2. The van der Waals surface area contributed by atoms with Crippen LogP contribution in [0.25, 0.3) is 11.2 Å². The summed E-state index contributed by atoms with van der Waals surface area (Å²) in [5, 5.41) is 27.8. The van der Waals surface area contributed by atoms with E-state index in [2.05, 4.69) is 49.6 Å². The van der Waals surface area contributed by atoms with E-state index in [0.717, 1.165) is 11.3 Å². The third-order valence-electron chi connectivity index (χ3n) is 7.48. The van der Waals surface area contributed by atoms with Crippen LogP contribution in [0.4, 0.5) is 5.82 Å². The minimum Gasteiger partial charge on any atom is -0.389 e. The number of carbonyl (C=O) groups is 1. The molecule has 1 amide bonds. The van der Waals surface area contributed by atoms with Crippen LogP contribution in [-0.4, -0.2) is 61.4 Å². The summed E-state index contributed by atoms with van der Waals surface area (Å²) in [6.07, 6.45) is 0.538. The molecule has 6 rings (SSSR count). The lowest BCUT2D eigenvalue weighted by molar-refractivity contribution is -0.132. The van der Waals surface area contributed by atoms with Crippen LogP contribution in [0.15, 0.2) is 48.8 Å². The number of fused-ring (bicyclic) bond motifs is 2. The number of imidazole rings is 1. The average molecular weight is 549 g/mol. The molecule has 4 N–H and O–H groups in total. The fourth-order valence-electron chi connectivity index (χ4n) is 5.57. The van der Waals surface area contributed by atoms with E-state index in [4.69, 9.17) is 11.6 Å². The van der Waals surface area contributed by atoms with Crippen molar-refractivity contribution in [2.75, 3.05) is 18.9 Å². The second-order valence-electron chi connectivity index (χ2n) is 9.59. The maximum Gasteiger partial charge on any atom is 0.229 e. The topological polar surface area (TPSA) is 125 Å². The summed E-state index contributed by atoms with van der Waals surface area (Å²) in [5.74, 6) is 6.39. The maximum atomic E-state index is 12.6. The zero-order valence-electron chi connectivity index (χ0n) is 20.4. The molecule has 5 atom stereocenters. The van der Waals surface area contributed by atoms with Gasteiger partial charge in [-0.1, -0.05) is 41.9 Å². The van der Waals surface area contributed by atoms with Crippen LogP contribution >= 0.6 is 22.9 Å². The van der Waals surface area contributed by atoms with Crippen molar-refractivity contribution in [2.24, 2.45) is 11.3 Å². The first-order valence-corrected chi connectivity index (χ1v) is 13.5. The first-order valence-electron chi connectivity index (χ1n) is 12.3. The van der Waals surface area contributed by atoms with Gasteiger partial charge in [-0.05, 0) is 42.4 Å². The number of thiophene rings is 1. The molecule has 4 aromatic rings. The SMILES string of the molecule is CNC(=O)C12CC1[C@@H](n1cnc3c(NCCc4ccccc4)nc(C#Cc4ccc(Cl)s4)nc31)[C@H](O)[C@@H]2O. The summed E-state index contributed by atoms with van der Waals surface area (Å²) in [7, 11) is 1.54. The molecule has 38 heavy (non-hydrogen) atoms. The Morgan fingerprint density at radius 1 is 1.21 bits per heavy atom. The molecule has 2 aliphatic carbocycles. The number of hydrogen-bond acceptors (Lipinski definition) is 8. The molecule has 9 nitrogen and oxygen atoms in total. The number of aliphatic hydroxyl groups excluding tert-OH is 2. The van der Waals surface area contributed by atoms with Gasteiger partial charge in [0.05, 0.1) is 33.1 Å². The van der Waals surface area contributed by atoms with Crippen molar-refractivity contribution >= 4 is 45.8 Å². The highest BCUT2D eigenvalue weighted by Gasteiger charge is 2.75. The quantitative estimate of drug-likeness (QED) is 0.273. The monoisotopic (exact) mass is 548 g/mol. The van der Waals surface area contributed by atoms with Crippen LogP contribution in [-0.2, 0) is 11.2 Å². The van der Waals surface area contributed by atoms with Crippen molar-refractivity contribution < 1.29 is 15.0 Å². The number of anilines is 1. The van der Waals surface area contributed by atoms with Crippen molar-refractivity contribution in [3.63, 3.8) is 0 Å². The number of benzene rings is 1. The first kappa shape index (κ1) is 24.8. The van der Waals surface area contributed by atoms with Crippen LogP contribution in [0, 0.1) is 23.2 Å². The molecule has 3 heterocycles. The lowest BCUT2D eigenvalue weighted by atomic mass is 9.98. The Hall–Kier alpha value is -3.49. The van der Waals surface area contributed by atoms with Crippen molar-refractivity contribution in [3.05, 3.63) is 69.4 Å². The number of nitrogens with one attached hydrogen (secondary N) is 2. The minimum atomic E-state index is -1.18. The Balaban J connectivity index is 1.37. The van der Waals surface area contributed by atoms with E-state index in [1.807, 2.05) is 24.3 Å². The minimum absolute atomic E-state index is 0.239. The van der Waals surface area contributed by atoms with E-state index in [1.54, 1.807) is 17.0 Å². The fraction of sp³-hybridized carbons (Fsp3) is 0.333. The summed E-state index contributed by atoms with van der Waals surface area (Å²) in [5.41, 5.74) is 1.20. The third kappa shape index (κ3) is 4.12. The van der Waals surface area contributed by atoms with E-state index in [0.29, 0.717) is 34.3 Å². The number of aromatic nitrogens is 4. The molecule has 2 aliphatic rings. The molecule has 0 radical (unpaired) electrons. The van der Waals surface area contributed by atoms with Gasteiger partial charge in [0.15, 0.2) is 17.0 Å². The lowest BCUT2D eigenvalue weighted by Crippen LogP contribution is -2.41. The Morgan fingerprint density at radius 2 is 2.03 bits per heavy atom. The Labute approximate surface area is 227 Å². The summed E-state index contributed by atoms with van der Waals surface area (Å²) in [6.45, 7) is 0.615. The number of amides is 1. The van der Waals surface area contributed by atoms with Crippen LogP contribution in [0.2, 0.25) is 4.34 Å². The normalized spacial score (nSPS) is 25.5. The molecular weight excluding hydrogens is 524 g/mol. The highest BCUT2D eigenvalue weighted by molar-refractivity contribution is 7.16. The average Bonchev–Trinajstić information content (AvgIpc) is 3.17. The molecule has 0 bridgehead atoms. The Kier molecular flexibility index (Phi) is 6.32. The van der Waals surface area contributed by atoms with Crippen LogP contribution in [0.5, 0.6) is 0 Å². The molecule has 0 spiro atoms. The van der Waals surface area contributed by atoms with Crippen LogP contribution in [0.3, 0.4) is 0 Å². The summed E-state index contributed by atoms with van der Waals surface area (Å²) in [6, 6.07) is 13.2. The van der Waals surface area contributed by atoms with Crippen LogP contribution in [0.1, 0.15) is 28.7 Å². The second-order valence-corrected chi connectivity index (χ2v) is 11.3. The van der Waals surface area contributed by atoms with Gasteiger partial charge in [-0.2, -0.15) is 0 Å². The molecule has 0 aliphatic heterocycles. The lowest BCUT2D eigenvalue weighted by Gasteiger charge is -2.23. The number of rotatable bonds is 6. The molecule has 1 aromatic carbocycles. The smallest absolute Gasteiger partial charge is 0.229 e. The van der Waals surface area contributed by atoms with Gasteiger partial charge in [-0.3, -0.25) is 4.79 Å². The van der Waals surface area contributed by atoms with Crippen molar-refractivity contribution in [3.8, 4) is 11.8 Å². The van der Waals surface area contributed by atoms with E-state index in [1.165, 1.54) is 23.9 Å². The molecule has 11 heteroatoms. The summed E-state index contributed by atoms with van der Waals surface area (Å²) >= 11 is 7.41. The number of halogens is 1. The van der Waals surface area contributed by atoms with Crippen molar-refractivity contribution in [2.45, 2.75) is 31.1 Å². The molecule has 2 unspecified atom stereocenters. The standard InChI is InChI=1S/C27H25ClN6O3S/c1-29-26(37)27-13-17(27)21(22(35)23(27)36)34-14-31-20-24(30-12-11-15-5-3-2-4-6-15)32-19(33-25(20)34)10-8-16-7-9-18(28)38-16/h2-7,9,14,17,21-23,35-36H,11-13H2,1H3,(H,29,37)(H,30,32,33)/t17?,21-,22+,23+,27?/m1/s1.